The zero-order chi connectivity index (χ0) is 13.9. The molecule has 0 saturated heterocycles. The van der Waals surface area contributed by atoms with Crippen molar-refractivity contribution in [1.82, 2.24) is 5.32 Å². The number of aliphatic hydroxyl groups excluding tert-OH is 1. The van der Waals surface area contributed by atoms with Gasteiger partial charge in [-0.25, -0.2) is 0 Å². The molecular formula is C13H23NO4. The molecule has 1 amide bonds. The van der Waals surface area contributed by atoms with E-state index >= 15 is 0 Å². The van der Waals surface area contributed by atoms with Gasteiger partial charge in [-0.1, -0.05) is 13.8 Å². The number of hydrogen-bond acceptors (Lipinski definition) is 3. The van der Waals surface area contributed by atoms with Crippen molar-refractivity contribution < 1.29 is 19.8 Å². The Hall–Kier alpha value is -1.10. The van der Waals surface area contributed by atoms with Crippen LogP contribution in [0.4, 0.5) is 0 Å². The fourth-order valence-corrected chi connectivity index (χ4v) is 2.48. The molecule has 0 bridgehead atoms. The summed E-state index contributed by atoms with van der Waals surface area (Å²) in [5, 5.41) is 21.2. The van der Waals surface area contributed by atoms with Crippen LogP contribution < -0.4 is 5.32 Å². The normalized spacial score (nSPS) is 30.8. The molecule has 0 aliphatic heterocycles. The second kappa shape index (κ2) is 5.69. The van der Waals surface area contributed by atoms with Gasteiger partial charge >= 0.3 is 5.97 Å². The minimum absolute atomic E-state index is 0.144. The monoisotopic (exact) mass is 257 g/mol. The smallest absolute Gasteiger partial charge is 0.307 e. The average Bonchev–Trinajstić information content (AvgIpc) is 2.71. The van der Waals surface area contributed by atoms with Gasteiger partial charge in [-0.3, -0.25) is 9.59 Å². The van der Waals surface area contributed by atoms with Crippen molar-refractivity contribution in [3.63, 3.8) is 0 Å². The van der Waals surface area contributed by atoms with E-state index in [1.54, 1.807) is 6.92 Å². The number of nitrogens with one attached hydrogen (secondary N) is 1. The third-order valence-electron chi connectivity index (χ3n) is 4.01. The lowest BCUT2D eigenvalue weighted by molar-refractivity contribution is -0.146. The summed E-state index contributed by atoms with van der Waals surface area (Å²) in [6, 6.07) is 0. The molecule has 1 rings (SSSR count). The van der Waals surface area contributed by atoms with Gasteiger partial charge in [0.15, 0.2) is 0 Å². The van der Waals surface area contributed by atoms with E-state index in [0.29, 0.717) is 19.3 Å². The molecule has 18 heavy (non-hydrogen) atoms. The fraction of sp³-hybridized carbons (Fsp3) is 0.846. The van der Waals surface area contributed by atoms with Crippen LogP contribution in [0.1, 0.15) is 40.0 Å². The van der Waals surface area contributed by atoms with Gasteiger partial charge in [0.2, 0.25) is 5.91 Å². The van der Waals surface area contributed by atoms with E-state index in [0.717, 1.165) is 0 Å². The summed E-state index contributed by atoms with van der Waals surface area (Å²) in [5.41, 5.74) is -0.661. The molecule has 1 aliphatic carbocycles. The Bertz CT molecular complexity index is 325. The maximum absolute atomic E-state index is 12.2. The Kier molecular flexibility index (Phi) is 4.73. The third kappa shape index (κ3) is 3.22. The Morgan fingerprint density at radius 1 is 1.33 bits per heavy atom. The van der Waals surface area contributed by atoms with E-state index in [9.17, 15) is 14.7 Å². The van der Waals surface area contributed by atoms with E-state index in [4.69, 9.17) is 5.11 Å². The van der Waals surface area contributed by atoms with Gasteiger partial charge in [-0.05, 0) is 32.1 Å². The summed E-state index contributed by atoms with van der Waals surface area (Å²) in [4.78, 5) is 23.3. The number of carboxylic acids is 1. The lowest BCUT2D eigenvalue weighted by atomic mass is 9.92. The van der Waals surface area contributed by atoms with Crippen LogP contribution >= 0.6 is 0 Å². The highest BCUT2D eigenvalue weighted by atomic mass is 16.4. The standard InChI is InChI=1S/C13H23NO4/c1-4-13(3,7-15)14-11(16)9-5-8(2)6-10(9)12(17)18/h8-10,15H,4-7H2,1-3H3,(H,14,16)(H,17,18). The summed E-state index contributed by atoms with van der Waals surface area (Å²) in [6.07, 6.45) is 1.76. The summed E-state index contributed by atoms with van der Waals surface area (Å²) in [6.45, 7) is 5.46. The predicted molar refractivity (Wildman–Crippen MR) is 66.9 cm³/mol. The fourth-order valence-electron chi connectivity index (χ4n) is 2.48. The number of rotatable bonds is 5. The average molecular weight is 257 g/mol. The summed E-state index contributed by atoms with van der Waals surface area (Å²) < 4.78 is 0. The van der Waals surface area contributed by atoms with Crippen LogP contribution in [-0.2, 0) is 9.59 Å². The van der Waals surface area contributed by atoms with Gasteiger partial charge in [0.1, 0.15) is 0 Å². The van der Waals surface area contributed by atoms with E-state index in [1.807, 2.05) is 13.8 Å². The van der Waals surface area contributed by atoms with Crippen LogP contribution in [0.5, 0.6) is 0 Å². The van der Waals surface area contributed by atoms with Crippen LogP contribution in [0.3, 0.4) is 0 Å². The van der Waals surface area contributed by atoms with Crippen molar-refractivity contribution in [3.8, 4) is 0 Å². The molecule has 1 saturated carbocycles. The number of amides is 1. The van der Waals surface area contributed by atoms with E-state index in [2.05, 4.69) is 5.32 Å². The minimum atomic E-state index is -0.901. The van der Waals surface area contributed by atoms with Crippen molar-refractivity contribution >= 4 is 11.9 Å². The topological polar surface area (TPSA) is 86.6 Å². The molecule has 5 nitrogen and oxygen atoms in total. The second-order valence-corrected chi connectivity index (χ2v) is 5.69. The van der Waals surface area contributed by atoms with Crippen molar-refractivity contribution in [3.05, 3.63) is 0 Å². The van der Waals surface area contributed by atoms with Crippen LogP contribution in [0.15, 0.2) is 0 Å². The van der Waals surface area contributed by atoms with Gasteiger partial charge in [0.25, 0.3) is 0 Å². The molecule has 0 spiro atoms. The summed E-state index contributed by atoms with van der Waals surface area (Å²) >= 11 is 0. The van der Waals surface area contributed by atoms with Crippen LogP contribution in [0, 0.1) is 17.8 Å². The first kappa shape index (κ1) is 15.0. The molecule has 104 valence electrons. The number of aliphatic carboxylic acids is 1. The summed E-state index contributed by atoms with van der Waals surface area (Å²) in [5.74, 6) is -1.97. The number of carbonyl (C=O) groups excluding carboxylic acids is 1. The molecule has 0 radical (unpaired) electrons. The first-order chi connectivity index (χ1) is 8.33. The van der Waals surface area contributed by atoms with Gasteiger partial charge in [-0.15, -0.1) is 0 Å². The van der Waals surface area contributed by atoms with Crippen LogP contribution in [0.25, 0.3) is 0 Å². The Labute approximate surface area is 108 Å². The number of aliphatic hydroxyl groups is 1. The zero-order valence-corrected chi connectivity index (χ0v) is 11.3. The Balaban J connectivity index is 2.74. The summed E-state index contributed by atoms with van der Waals surface area (Å²) in [7, 11) is 0. The lowest BCUT2D eigenvalue weighted by Gasteiger charge is -2.29. The minimum Gasteiger partial charge on any atom is -0.481 e. The highest BCUT2D eigenvalue weighted by molar-refractivity contribution is 5.85. The van der Waals surface area contributed by atoms with Gasteiger partial charge in [0, 0.05) is 0 Å². The molecule has 0 aromatic heterocycles. The Morgan fingerprint density at radius 2 is 1.89 bits per heavy atom. The van der Waals surface area contributed by atoms with E-state index in [1.165, 1.54) is 0 Å². The predicted octanol–water partition coefficient (Wildman–Crippen LogP) is 1.01. The highest BCUT2D eigenvalue weighted by Gasteiger charge is 2.42. The molecular weight excluding hydrogens is 234 g/mol. The largest absolute Gasteiger partial charge is 0.481 e. The molecule has 0 aromatic carbocycles. The van der Waals surface area contributed by atoms with Gasteiger partial charge < -0.3 is 15.5 Å². The lowest BCUT2D eigenvalue weighted by Crippen LogP contribution is -2.51. The molecule has 0 heterocycles. The van der Waals surface area contributed by atoms with Gasteiger partial charge in [0.05, 0.1) is 24.0 Å². The Morgan fingerprint density at radius 3 is 2.33 bits per heavy atom. The van der Waals surface area contributed by atoms with Crippen LogP contribution in [-0.4, -0.2) is 34.2 Å². The number of carbonyl (C=O) groups is 2. The van der Waals surface area contributed by atoms with Gasteiger partial charge in [-0.2, -0.15) is 0 Å². The molecule has 4 atom stereocenters. The quantitative estimate of drug-likeness (QED) is 0.686. The molecule has 3 N–H and O–H groups in total. The van der Waals surface area contributed by atoms with E-state index < -0.39 is 23.3 Å². The van der Waals surface area contributed by atoms with E-state index in [-0.39, 0.29) is 18.4 Å². The van der Waals surface area contributed by atoms with Crippen molar-refractivity contribution in [2.45, 2.75) is 45.6 Å². The second-order valence-electron chi connectivity index (χ2n) is 5.69. The maximum Gasteiger partial charge on any atom is 0.307 e. The number of hydrogen-bond donors (Lipinski definition) is 3. The zero-order valence-electron chi connectivity index (χ0n) is 11.3. The molecule has 4 unspecified atom stereocenters. The maximum atomic E-state index is 12.2. The highest BCUT2D eigenvalue weighted by Crippen LogP contribution is 2.36. The molecule has 5 heteroatoms. The SMILES string of the molecule is CCC(C)(CO)NC(=O)C1CC(C)CC1C(=O)O. The van der Waals surface area contributed by atoms with Crippen LogP contribution in [0.2, 0.25) is 0 Å². The molecule has 0 aromatic rings. The van der Waals surface area contributed by atoms with Crippen molar-refractivity contribution in [2.24, 2.45) is 17.8 Å². The van der Waals surface area contributed by atoms with Crippen molar-refractivity contribution in [1.29, 1.82) is 0 Å². The molecule has 1 aliphatic rings. The number of carboxylic acid groups (broad SMARTS) is 1. The first-order valence-corrected chi connectivity index (χ1v) is 6.48. The first-order valence-electron chi connectivity index (χ1n) is 6.48. The van der Waals surface area contributed by atoms with Crippen molar-refractivity contribution in [2.75, 3.05) is 6.61 Å². The third-order valence-corrected chi connectivity index (χ3v) is 4.01. The molecule has 1 fully saturated rings.